The highest BCUT2D eigenvalue weighted by atomic mass is 32.2. The van der Waals surface area contributed by atoms with E-state index in [1.165, 1.54) is 32.1 Å². The first-order valence-corrected chi connectivity index (χ1v) is 8.62. The molecule has 0 aromatic carbocycles. The molecule has 0 bridgehead atoms. The van der Waals surface area contributed by atoms with Crippen molar-refractivity contribution in [2.24, 2.45) is 0 Å². The second kappa shape index (κ2) is 6.57. The number of nitrogen functional groups attached to an aromatic ring is 1. The van der Waals surface area contributed by atoms with E-state index < -0.39 is 0 Å². The molecule has 1 heterocycles. The van der Waals surface area contributed by atoms with Gasteiger partial charge in [-0.05, 0) is 32.1 Å². The number of aryl methyl sites for hydroxylation is 1. The molecular weight excluding hydrogens is 270 g/mol. The fourth-order valence-corrected chi connectivity index (χ4v) is 3.88. The molecule has 1 aliphatic carbocycles. The van der Waals surface area contributed by atoms with Gasteiger partial charge in [0.2, 0.25) is 0 Å². The fourth-order valence-electron chi connectivity index (χ4n) is 2.97. The van der Waals surface area contributed by atoms with Crippen LogP contribution in [0.5, 0.6) is 0 Å². The molecule has 0 aliphatic heterocycles. The van der Waals surface area contributed by atoms with Gasteiger partial charge in [-0.25, -0.2) is 0 Å². The molecule has 0 saturated heterocycles. The first kappa shape index (κ1) is 15.3. The Kier molecular flexibility index (Phi) is 5.02. The predicted octanol–water partition coefficient (Wildman–Crippen LogP) is 2.89. The third-order valence-corrected chi connectivity index (χ3v) is 5.68. The van der Waals surface area contributed by atoms with E-state index in [0.29, 0.717) is 11.4 Å². The summed E-state index contributed by atoms with van der Waals surface area (Å²) in [7, 11) is 0. The fraction of sp³-hybridized carbons (Fsp3) is 0.667. The minimum absolute atomic E-state index is 0.0115. The van der Waals surface area contributed by atoms with Gasteiger partial charge in [0, 0.05) is 24.0 Å². The summed E-state index contributed by atoms with van der Waals surface area (Å²) in [5.41, 5.74) is 7.09. The lowest BCUT2D eigenvalue weighted by atomic mass is 9.88. The number of aromatic nitrogens is 1. The smallest absolute Gasteiger partial charge is 0.268 e. The van der Waals surface area contributed by atoms with Crippen molar-refractivity contribution in [3.8, 4) is 0 Å². The Labute approximate surface area is 125 Å². The standard InChI is InChI=1S/C15H25N3OS/c1-3-18-10-12(16)9-13(18)14(19)17-11-15(20-2)7-5-4-6-8-15/h9-10H,3-8,11,16H2,1-2H3,(H,17,19). The van der Waals surface area contributed by atoms with Gasteiger partial charge in [0.05, 0.1) is 5.69 Å². The normalized spacial score (nSPS) is 17.9. The molecule has 0 unspecified atom stereocenters. The summed E-state index contributed by atoms with van der Waals surface area (Å²) in [4.78, 5) is 12.3. The Morgan fingerprint density at radius 1 is 1.45 bits per heavy atom. The monoisotopic (exact) mass is 295 g/mol. The van der Waals surface area contributed by atoms with Crippen molar-refractivity contribution in [2.45, 2.75) is 50.3 Å². The Hall–Kier alpha value is -1.10. The predicted molar refractivity (Wildman–Crippen MR) is 86.2 cm³/mol. The number of nitrogens with two attached hydrogens (primary N) is 1. The van der Waals surface area contributed by atoms with Crippen LogP contribution < -0.4 is 11.1 Å². The number of hydrogen-bond acceptors (Lipinski definition) is 3. The zero-order valence-corrected chi connectivity index (χ0v) is 13.3. The molecule has 20 heavy (non-hydrogen) atoms. The van der Waals surface area contributed by atoms with Gasteiger partial charge < -0.3 is 15.6 Å². The maximum absolute atomic E-state index is 12.3. The molecule has 0 atom stereocenters. The zero-order valence-electron chi connectivity index (χ0n) is 12.4. The van der Waals surface area contributed by atoms with Crippen molar-refractivity contribution in [1.29, 1.82) is 0 Å². The van der Waals surface area contributed by atoms with Crippen LogP contribution in [0.1, 0.15) is 49.5 Å². The average Bonchev–Trinajstić information content (AvgIpc) is 2.87. The van der Waals surface area contributed by atoms with Gasteiger partial charge in [0.15, 0.2) is 0 Å². The first-order valence-electron chi connectivity index (χ1n) is 7.39. The summed E-state index contributed by atoms with van der Waals surface area (Å²) in [6, 6.07) is 1.76. The lowest BCUT2D eigenvalue weighted by Crippen LogP contribution is -2.42. The van der Waals surface area contributed by atoms with Crippen LogP contribution in [0.15, 0.2) is 12.3 Å². The van der Waals surface area contributed by atoms with E-state index in [4.69, 9.17) is 5.73 Å². The van der Waals surface area contributed by atoms with Gasteiger partial charge in [0.1, 0.15) is 5.69 Å². The van der Waals surface area contributed by atoms with Gasteiger partial charge in [-0.1, -0.05) is 19.3 Å². The number of amides is 1. The SMILES string of the molecule is CCn1cc(N)cc1C(=O)NCC1(SC)CCCCC1. The van der Waals surface area contributed by atoms with E-state index in [0.717, 1.165) is 13.1 Å². The number of nitrogens with one attached hydrogen (secondary N) is 1. The molecule has 1 aromatic rings. The zero-order chi connectivity index (χ0) is 14.6. The van der Waals surface area contributed by atoms with Crippen molar-refractivity contribution >= 4 is 23.4 Å². The van der Waals surface area contributed by atoms with Crippen molar-refractivity contribution < 1.29 is 4.79 Å². The van der Waals surface area contributed by atoms with E-state index in [2.05, 4.69) is 11.6 Å². The topological polar surface area (TPSA) is 60.0 Å². The number of carbonyl (C=O) groups excluding carboxylic acids is 1. The van der Waals surface area contributed by atoms with Crippen LogP contribution in [-0.2, 0) is 6.54 Å². The van der Waals surface area contributed by atoms with Gasteiger partial charge in [-0.15, -0.1) is 0 Å². The molecular formula is C15H25N3OS. The first-order chi connectivity index (χ1) is 9.60. The van der Waals surface area contributed by atoms with Gasteiger partial charge in [-0.3, -0.25) is 4.79 Å². The molecule has 1 aromatic heterocycles. The lowest BCUT2D eigenvalue weighted by molar-refractivity contribution is 0.0937. The van der Waals surface area contributed by atoms with E-state index in [1.807, 2.05) is 29.4 Å². The minimum Gasteiger partial charge on any atom is -0.397 e. The molecule has 0 radical (unpaired) electrons. The maximum Gasteiger partial charge on any atom is 0.268 e. The Morgan fingerprint density at radius 2 is 2.15 bits per heavy atom. The quantitative estimate of drug-likeness (QED) is 0.878. The molecule has 4 nitrogen and oxygen atoms in total. The van der Waals surface area contributed by atoms with Crippen LogP contribution in [-0.4, -0.2) is 28.0 Å². The molecule has 1 fully saturated rings. The second-order valence-corrected chi connectivity index (χ2v) is 6.85. The van der Waals surface area contributed by atoms with Gasteiger partial charge >= 0.3 is 0 Å². The van der Waals surface area contributed by atoms with Crippen LogP contribution in [0.2, 0.25) is 0 Å². The van der Waals surface area contributed by atoms with Gasteiger partial charge in [0.25, 0.3) is 5.91 Å². The van der Waals surface area contributed by atoms with Crippen LogP contribution >= 0.6 is 11.8 Å². The molecule has 5 heteroatoms. The molecule has 112 valence electrons. The summed E-state index contributed by atoms with van der Waals surface area (Å²) in [6.45, 7) is 3.52. The Morgan fingerprint density at radius 3 is 2.75 bits per heavy atom. The average molecular weight is 295 g/mol. The second-order valence-electron chi connectivity index (χ2n) is 5.58. The van der Waals surface area contributed by atoms with E-state index in [-0.39, 0.29) is 10.7 Å². The number of hydrogen-bond donors (Lipinski definition) is 2. The van der Waals surface area contributed by atoms with Gasteiger partial charge in [-0.2, -0.15) is 11.8 Å². The molecule has 0 spiro atoms. The minimum atomic E-state index is -0.0115. The number of rotatable bonds is 5. The highest BCUT2D eigenvalue weighted by Crippen LogP contribution is 2.38. The van der Waals surface area contributed by atoms with Crippen molar-refractivity contribution in [3.63, 3.8) is 0 Å². The third-order valence-electron chi connectivity index (χ3n) is 4.26. The lowest BCUT2D eigenvalue weighted by Gasteiger charge is -2.35. The van der Waals surface area contributed by atoms with Crippen LogP contribution in [0.25, 0.3) is 0 Å². The van der Waals surface area contributed by atoms with E-state index >= 15 is 0 Å². The van der Waals surface area contributed by atoms with Crippen molar-refractivity contribution in [1.82, 2.24) is 9.88 Å². The van der Waals surface area contributed by atoms with E-state index in [9.17, 15) is 4.79 Å². The summed E-state index contributed by atoms with van der Waals surface area (Å²) in [5.74, 6) is -0.0115. The maximum atomic E-state index is 12.3. The van der Waals surface area contributed by atoms with E-state index in [1.54, 1.807) is 6.07 Å². The summed E-state index contributed by atoms with van der Waals surface area (Å²) in [6.07, 6.45) is 10.2. The molecule has 1 saturated carbocycles. The third kappa shape index (κ3) is 3.32. The number of anilines is 1. The number of carbonyl (C=O) groups is 1. The number of nitrogens with zero attached hydrogens (tertiary/aromatic N) is 1. The number of thioether (sulfide) groups is 1. The van der Waals surface area contributed by atoms with Crippen LogP contribution in [0.3, 0.4) is 0 Å². The largest absolute Gasteiger partial charge is 0.397 e. The highest BCUT2D eigenvalue weighted by Gasteiger charge is 2.31. The Bertz CT molecular complexity index is 464. The summed E-state index contributed by atoms with van der Waals surface area (Å²) < 4.78 is 2.13. The molecule has 3 N–H and O–H groups in total. The summed E-state index contributed by atoms with van der Waals surface area (Å²) >= 11 is 1.90. The Balaban J connectivity index is 2.00. The molecule has 1 aliphatic rings. The van der Waals surface area contributed by atoms with Crippen LogP contribution in [0, 0.1) is 0 Å². The van der Waals surface area contributed by atoms with Crippen molar-refractivity contribution in [3.05, 3.63) is 18.0 Å². The highest BCUT2D eigenvalue weighted by molar-refractivity contribution is 8.00. The molecule has 2 rings (SSSR count). The summed E-state index contributed by atoms with van der Waals surface area (Å²) in [5, 5.41) is 3.11. The molecule has 1 amide bonds. The van der Waals surface area contributed by atoms with Crippen LogP contribution in [0.4, 0.5) is 5.69 Å². The van der Waals surface area contributed by atoms with Crippen molar-refractivity contribution in [2.75, 3.05) is 18.5 Å².